The molecule has 2 aliphatic rings. The maximum absolute atomic E-state index is 12.4. The summed E-state index contributed by atoms with van der Waals surface area (Å²) in [6, 6.07) is 0. The van der Waals surface area contributed by atoms with Gasteiger partial charge in [0, 0.05) is 31.3 Å². The molecule has 2 aliphatic heterocycles. The molecule has 1 amide bonds. The average molecular weight is 331 g/mol. The molecule has 0 atom stereocenters. The zero-order valence-corrected chi connectivity index (χ0v) is 14.6. The van der Waals surface area contributed by atoms with Crippen LogP contribution in [0.25, 0.3) is 5.70 Å². The number of carbonyl (C=O) groups is 1. The third kappa shape index (κ3) is 3.02. The van der Waals surface area contributed by atoms with Gasteiger partial charge < -0.3 is 20.8 Å². The molecule has 3 N–H and O–H groups in total. The van der Waals surface area contributed by atoms with Crippen molar-refractivity contribution in [3.63, 3.8) is 0 Å². The molecule has 1 aromatic heterocycles. The number of nitrogens with zero attached hydrogens (tertiary/aromatic N) is 3. The normalized spacial score (nSPS) is 17.9. The summed E-state index contributed by atoms with van der Waals surface area (Å²) in [5.41, 5.74) is 10.1. The van der Waals surface area contributed by atoms with Gasteiger partial charge in [0.2, 0.25) is 0 Å². The molecular weight excluding hydrogens is 306 g/mol. The van der Waals surface area contributed by atoms with Crippen molar-refractivity contribution in [2.75, 3.05) is 6.54 Å². The molecule has 0 unspecified atom stereocenters. The Balaban J connectivity index is 1.93. The van der Waals surface area contributed by atoms with Crippen molar-refractivity contribution in [1.82, 2.24) is 14.7 Å². The van der Waals surface area contributed by atoms with Gasteiger partial charge in [-0.2, -0.15) is 5.10 Å². The highest BCUT2D eigenvalue weighted by Crippen LogP contribution is 2.30. The summed E-state index contributed by atoms with van der Waals surface area (Å²) in [6.07, 6.45) is 3.41. The van der Waals surface area contributed by atoms with Gasteiger partial charge in [-0.05, 0) is 39.2 Å². The van der Waals surface area contributed by atoms with Crippen molar-refractivity contribution in [1.29, 1.82) is 5.41 Å². The van der Waals surface area contributed by atoms with Crippen molar-refractivity contribution < 1.29 is 9.53 Å². The molecule has 0 spiro atoms. The van der Waals surface area contributed by atoms with Gasteiger partial charge in [0.1, 0.15) is 5.60 Å². The Morgan fingerprint density at radius 1 is 1.33 bits per heavy atom. The Hall–Kier alpha value is -2.31. The smallest absolute Gasteiger partial charge is 0.410 e. The zero-order chi connectivity index (χ0) is 17.5. The van der Waals surface area contributed by atoms with Crippen molar-refractivity contribution in [3.05, 3.63) is 22.5 Å². The quantitative estimate of drug-likeness (QED) is 0.772. The van der Waals surface area contributed by atoms with E-state index in [1.165, 1.54) is 6.21 Å². The van der Waals surface area contributed by atoms with E-state index < -0.39 is 5.60 Å². The summed E-state index contributed by atoms with van der Waals surface area (Å²) in [4.78, 5) is 14.1. The lowest BCUT2D eigenvalue weighted by Crippen LogP contribution is -2.40. The molecule has 3 rings (SSSR count). The van der Waals surface area contributed by atoms with E-state index in [1.807, 2.05) is 25.5 Å². The van der Waals surface area contributed by atoms with Crippen LogP contribution in [0.4, 0.5) is 4.79 Å². The number of ether oxygens (including phenoxy) is 1. The van der Waals surface area contributed by atoms with E-state index in [0.717, 1.165) is 41.9 Å². The molecule has 3 heterocycles. The highest BCUT2D eigenvalue weighted by Gasteiger charge is 2.31. The summed E-state index contributed by atoms with van der Waals surface area (Å²) >= 11 is 0. The number of nitrogens with one attached hydrogen (secondary N) is 1. The second-order valence-electron chi connectivity index (χ2n) is 7.34. The number of fused-ring (bicyclic) bond motifs is 3. The lowest BCUT2D eigenvalue weighted by atomic mass is 10.0. The van der Waals surface area contributed by atoms with Crippen LogP contribution in [0.3, 0.4) is 0 Å². The summed E-state index contributed by atoms with van der Waals surface area (Å²) in [6.45, 7) is 7.42. The first-order valence-corrected chi connectivity index (χ1v) is 8.36. The van der Waals surface area contributed by atoms with Gasteiger partial charge in [0.05, 0.1) is 23.6 Å². The summed E-state index contributed by atoms with van der Waals surface area (Å²) < 4.78 is 7.43. The first-order valence-electron chi connectivity index (χ1n) is 8.36. The number of aryl methyl sites for hydroxylation is 1. The summed E-state index contributed by atoms with van der Waals surface area (Å²) in [7, 11) is 0. The third-order valence-electron chi connectivity index (χ3n) is 4.34. The summed E-state index contributed by atoms with van der Waals surface area (Å²) in [5.74, 6) is 0. The number of nitrogens with two attached hydrogens (primary N) is 1. The second kappa shape index (κ2) is 5.96. The van der Waals surface area contributed by atoms with E-state index in [0.29, 0.717) is 25.2 Å². The minimum absolute atomic E-state index is 0.309. The molecule has 0 saturated carbocycles. The predicted octanol–water partition coefficient (Wildman–Crippen LogP) is 2.29. The lowest BCUT2D eigenvalue weighted by Gasteiger charge is -2.30. The molecule has 0 aliphatic carbocycles. The predicted molar refractivity (Wildman–Crippen MR) is 91.7 cm³/mol. The molecule has 0 fully saturated rings. The van der Waals surface area contributed by atoms with Crippen molar-refractivity contribution in [3.8, 4) is 0 Å². The van der Waals surface area contributed by atoms with E-state index in [9.17, 15) is 4.79 Å². The van der Waals surface area contributed by atoms with E-state index in [1.54, 1.807) is 4.90 Å². The van der Waals surface area contributed by atoms with Crippen molar-refractivity contribution in [2.45, 2.75) is 58.7 Å². The van der Waals surface area contributed by atoms with Crippen LogP contribution >= 0.6 is 0 Å². The largest absolute Gasteiger partial charge is 0.444 e. The Kier molecular flexibility index (Phi) is 4.11. The SMILES string of the molecule is CC(C)(C)OC(=O)N1CCc2nn3c(c2C1)C(N)=C(C=N)CCC3. The van der Waals surface area contributed by atoms with E-state index in [2.05, 4.69) is 5.10 Å². The Morgan fingerprint density at radius 2 is 2.08 bits per heavy atom. The van der Waals surface area contributed by atoms with Crippen LogP contribution in [-0.2, 0) is 24.2 Å². The first-order chi connectivity index (χ1) is 11.3. The second-order valence-corrected chi connectivity index (χ2v) is 7.34. The number of amides is 1. The molecule has 0 radical (unpaired) electrons. The molecule has 130 valence electrons. The number of aromatic nitrogens is 2. The monoisotopic (exact) mass is 331 g/mol. The van der Waals surface area contributed by atoms with Crippen LogP contribution in [0, 0.1) is 5.41 Å². The fourth-order valence-electron chi connectivity index (χ4n) is 3.23. The van der Waals surface area contributed by atoms with Crippen LogP contribution in [0.15, 0.2) is 5.57 Å². The molecule has 7 nitrogen and oxygen atoms in total. The van der Waals surface area contributed by atoms with Gasteiger partial charge in [-0.3, -0.25) is 4.68 Å². The average Bonchev–Trinajstić information content (AvgIpc) is 2.78. The zero-order valence-electron chi connectivity index (χ0n) is 14.6. The Bertz CT molecular complexity index is 711. The molecule has 0 bridgehead atoms. The van der Waals surface area contributed by atoms with E-state index in [-0.39, 0.29) is 6.09 Å². The third-order valence-corrected chi connectivity index (χ3v) is 4.34. The molecule has 24 heavy (non-hydrogen) atoms. The number of hydrogen-bond acceptors (Lipinski definition) is 5. The number of carbonyl (C=O) groups excluding carboxylic acids is 1. The lowest BCUT2D eigenvalue weighted by molar-refractivity contribution is 0.0223. The van der Waals surface area contributed by atoms with Gasteiger partial charge in [-0.1, -0.05) is 0 Å². The van der Waals surface area contributed by atoms with Crippen LogP contribution in [0.1, 0.15) is 50.6 Å². The van der Waals surface area contributed by atoms with Gasteiger partial charge >= 0.3 is 6.09 Å². The first kappa shape index (κ1) is 16.5. The van der Waals surface area contributed by atoms with Crippen molar-refractivity contribution >= 4 is 18.0 Å². The van der Waals surface area contributed by atoms with E-state index in [4.69, 9.17) is 15.9 Å². The number of rotatable bonds is 1. The maximum Gasteiger partial charge on any atom is 0.410 e. The minimum Gasteiger partial charge on any atom is -0.444 e. The molecule has 7 heteroatoms. The minimum atomic E-state index is -0.514. The van der Waals surface area contributed by atoms with Gasteiger partial charge in [0.15, 0.2) is 0 Å². The van der Waals surface area contributed by atoms with Crippen molar-refractivity contribution in [2.24, 2.45) is 5.73 Å². The topological polar surface area (TPSA) is 97.2 Å². The molecular formula is C17H25N5O2. The van der Waals surface area contributed by atoms with Crippen LogP contribution in [-0.4, -0.2) is 39.1 Å². The van der Waals surface area contributed by atoms with Gasteiger partial charge in [0.25, 0.3) is 0 Å². The Labute approximate surface area is 142 Å². The van der Waals surface area contributed by atoms with Crippen LogP contribution in [0.2, 0.25) is 0 Å². The maximum atomic E-state index is 12.4. The number of hydrogen-bond donors (Lipinski definition) is 2. The van der Waals surface area contributed by atoms with Gasteiger partial charge in [-0.15, -0.1) is 0 Å². The highest BCUT2D eigenvalue weighted by atomic mass is 16.6. The standard InChI is InChI=1S/C17H25N5O2/c1-17(2,3)24-16(23)21-8-6-13-12(10-21)15-14(19)11(9-18)5-4-7-22(15)20-13/h9,18H,4-8,10,19H2,1-3H3. The fraction of sp³-hybridized carbons (Fsp3) is 0.588. The van der Waals surface area contributed by atoms with Crippen LogP contribution < -0.4 is 5.73 Å². The Morgan fingerprint density at radius 3 is 2.75 bits per heavy atom. The molecule has 0 saturated heterocycles. The number of allylic oxidation sites excluding steroid dienone is 1. The summed E-state index contributed by atoms with van der Waals surface area (Å²) in [5, 5.41) is 12.3. The van der Waals surface area contributed by atoms with E-state index >= 15 is 0 Å². The fourth-order valence-corrected chi connectivity index (χ4v) is 3.23. The highest BCUT2D eigenvalue weighted by molar-refractivity contribution is 5.88. The molecule has 1 aromatic rings. The molecule has 0 aromatic carbocycles. The van der Waals surface area contributed by atoms with Crippen LogP contribution in [0.5, 0.6) is 0 Å². The van der Waals surface area contributed by atoms with Gasteiger partial charge in [-0.25, -0.2) is 4.79 Å².